The molecule has 0 amide bonds. The summed E-state index contributed by atoms with van der Waals surface area (Å²) in [5, 5.41) is 0. The molecule has 7 atom stereocenters. The van der Waals surface area contributed by atoms with E-state index in [1.807, 2.05) is 30.3 Å². The van der Waals surface area contributed by atoms with Crippen molar-refractivity contribution in [2.45, 2.75) is 72.1 Å². The van der Waals surface area contributed by atoms with Gasteiger partial charge in [-0.2, -0.15) is 0 Å². The molecule has 4 aliphatic rings. The van der Waals surface area contributed by atoms with E-state index < -0.39 is 0 Å². The van der Waals surface area contributed by atoms with Crippen molar-refractivity contribution in [1.82, 2.24) is 0 Å². The third-order valence-electron chi connectivity index (χ3n) is 10.1. The minimum atomic E-state index is 0.145. The number of hydrogen-bond donors (Lipinski definition) is 0. The van der Waals surface area contributed by atoms with Crippen molar-refractivity contribution < 1.29 is 9.59 Å². The lowest BCUT2D eigenvalue weighted by atomic mass is 9.46. The third kappa shape index (κ3) is 2.89. The van der Waals surface area contributed by atoms with Crippen molar-refractivity contribution in [2.24, 2.45) is 40.4 Å². The molecule has 0 heterocycles. The van der Waals surface area contributed by atoms with Crippen LogP contribution in [0.15, 0.2) is 42.0 Å². The van der Waals surface area contributed by atoms with Crippen LogP contribution in [0.2, 0.25) is 0 Å². The molecule has 0 radical (unpaired) electrons. The number of allylic oxidation sites excluding steroid dienone is 2. The molecule has 0 saturated heterocycles. The van der Waals surface area contributed by atoms with Gasteiger partial charge >= 0.3 is 0 Å². The minimum Gasteiger partial charge on any atom is -0.300 e. The molecule has 160 valence electrons. The second kappa shape index (κ2) is 7.18. The van der Waals surface area contributed by atoms with E-state index in [0.717, 1.165) is 37.2 Å². The SMILES string of the molecule is CC(=O)[C@H]1CC[C@@]2(C)C(=CC[C@H]3[C@@H]4CC[C@H](C(=O)c5ccccc5)[C@@]4(C)CC[C@@H]32)C1. The highest BCUT2D eigenvalue weighted by Crippen LogP contribution is 2.66. The van der Waals surface area contributed by atoms with Crippen LogP contribution in [0.3, 0.4) is 0 Å². The lowest BCUT2D eigenvalue weighted by Gasteiger charge is -2.58. The summed E-state index contributed by atoms with van der Waals surface area (Å²) in [6, 6.07) is 9.97. The summed E-state index contributed by atoms with van der Waals surface area (Å²) in [7, 11) is 0. The van der Waals surface area contributed by atoms with E-state index in [1.54, 1.807) is 12.5 Å². The van der Waals surface area contributed by atoms with Crippen molar-refractivity contribution in [1.29, 1.82) is 0 Å². The van der Waals surface area contributed by atoms with Crippen molar-refractivity contribution in [3.05, 3.63) is 47.5 Å². The Morgan fingerprint density at radius 3 is 2.43 bits per heavy atom. The largest absolute Gasteiger partial charge is 0.300 e. The Bertz CT molecular complexity index is 883. The smallest absolute Gasteiger partial charge is 0.166 e. The second-order valence-electron chi connectivity index (χ2n) is 11.2. The van der Waals surface area contributed by atoms with Crippen LogP contribution < -0.4 is 0 Å². The molecule has 0 N–H and O–H groups in total. The topological polar surface area (TPSA) is 34.1 Å². The Kier molecular flexibility index (Phi) is 4.84. The van der Waals surface area contributed by atoms with Crippen LogP contribution in [0.5, 0.6) is 0 Å². The summed E-state index contributed by atoms with van der Waals surface area (Å²) < 4.78 is 0. The molecule has 0 spiro atoms. The molecule has 30 heavy (non-hydrogen) atoms. The van der Waals surface area contributed by atoms with Gasteiger partial charge in [0.05, 0.1) is 0 Å². The number of fused-ring (bicyclic) bond motifs is 5. The van der Waals surface area contributed by atoms with E-state index in [4.69, 9.17) is 0 Å². The van der Waals surface area contributed by atoms with Gasteiger partial charge in [0.1, 0.15) is 5.78 Å². The first-order valence-corrected chi connectivity index (χ1v) is 12.1. The van der Waals surface area contributed by atoms with E-state index in [2.05, 4.69) is 19.9 Å². The second-order valence-corrected chi connectivity index (χ2v) is 11.2. The molecule has 4 aliphatic carbocycles. The minimum absolute atomic E-state index is 0.145. The van der Waals surface area contributed by atoms with Gasteiger partial charge < -0.3 is 0 Å². The first-order valence-electron chi connectivity index (χ1n) is 12.1. The first kappa shape index (κ1) is 20.2. The van der Waals surface area contributed by atoms with Crippen molar-refractivity contribution in [2.75, 3.05) is 0 Å². The zero-order valence-corrected chi connectivity index (χ0v) is 18.8. The van der Waals surface area contributed by atoms with E-state index in [-0.39, 0.29) is 22.7 Å². The van der Waals surface area contributed by atoms with E-state index in [1.165, 1.54) is 25.7 Å². The fraction of sp³-hybridized carbons (Fsp3) is 0.643. The molecular weight excluding hydrogens is 368 g/mol. The van der Waals surface area contributed by atoms with E-state index in [9.17, 15) is 9.59 Å². The van der Waals surface area contributed by atoms with Gasteiger partial charge in [-0.05, 0) is 86.9 Å². The van der Waals surface area contributed by atoms with Gasteiger partial charge in [-0.3, -0.25) is 9.59 Å². The highest BCUT2D eigenvalue weighted by molar-refractivity contribution is 5.98. The first-order chi connectivity index (χ1) is 14.3. The van der Waals surface area contributed by atoms with Crippen LogP contribution in [0, 0.1) is 40.4 Å². The number of carbonyl (C=O) groups excluding carboxylic acids is 2. The van der Waals surface area contributed by atoms with Crippen LogP contribution >= 0.6 is 0 Å². The maximum atomic E-state index is 13.4. The van der Waals surface area contributed by atoms with E-state index in [0.29, 0.717) is 23.4 Å². The highest BCUT2D eigenvalue weighted by Gasteiger charge is 2.59. The van der Waals surface area contributed by atoms with Gasteiger partial charge in [0.25, 0.3) is 0 Å². The molecule has 5 rings (SSSR count). The molecule has 3 fully saturated rings. The fourth-order valence-electron chi connectivity index (χ4n) is 8.24. The Morgan fingerprint density at radius 2 is 1.70 bits per heavy atom. The molecule has 1 aromatic carbocycles. The Morgan fingerprint density at radius 1 is 0.933 bits per heavy atom. The van der Waals surface area contributed by atoms with Gasteiger partial charge in [-0.1, -0.05) is 55.8 Å². The van der Waals surface area contributed by atoms with E-state index >= 15 is 0 Å². The van der Waals surface area contributed by atoms with Crippen LogP contribution in [0.25, 0.3) is 0 Å². The summed E-state index contributed by atoms with van der Waals surface area (Å²) in [6.45, 7) is 6.70. The Labute approximate surface area is 181 Å². The van der Waals surface area contributed by atoms with Gasteiger partial charge in [0.2, 0.25) is 0 Å². The quantitative estimate of drug-likeness (QED) is 0.417. The lowest BCUT2D eigenvalue weighted by Crippen LogP contribution is -2.50. The zero-order valence-electron chi connectivity index (χ0n) is 18.8. The maximum Gasteiger partial charge on any atom is 0.166 e. The molecular formula is C28H36O2. The van der Waals surface area contributed by atoms with Gasteiger partial charge in [-0.25, -0.2) is 0 Å². The Balaban J connectivity index is 1.41. The maximum absolute atomic E-state index is 13.4. The van der Waals surface area contributed by atoms with Gasteiger partial charge in [-0.15, -0.1) is 0 Å². The van der Waals surface area contributed by atoms with Gasteiger partial charge in [0, 0.05) is 17.4 Å². The normalized spacial score (nSPS) is 42.5. The monoisotopic (exact) mass is 404 g/mol. The molecule has 0 bridgehead atoms. The standard InChI is InChI=1S/C28H36O2/c1-18(29)20-13-15-27(2)21(17-20)9-10-22-23-11-12-25(28(23,3)16-14-24(22)27)26(30)19-7-5-4-6-8-19/h4-9,20,22-25H,10-17H2,1-3H3/t20-,22-,23-,24-,25+,27-,28-/m0/s1. The fourth-order valence-corrected chi connectivity index (χ4v) is 8.24. The number of benzene rings is 1. The summed E-state index contributed by atoms with van der Waals surface area (Å²) in [5.41, 5.74) is 2.89. The van der Waals surface area contributed by atoms with Crippen molar-refractivity contribution in [3.63, 3.8) is 0 Å². The number of Topliss-reactive ketones (excluding diaryl/α,β-unsaturated/α-hetero) is 2. The zero-order chi connectivity index (χ0) is 21.1. The van der Waals surface area contributed by atoms with Crippen LogP contribution in [0.4, 0.5) is 0 Å². The predicted octanol–water partition coefficient (Wildman–Crippen LogP) is 6.65. The lowest BCUT2D eigenvalue weighted by molar-refractivity contribution is -0.122. The summed E-state index contributed by atoms with van der Waals surface area (Å²) in [5.74, 6) is 3.27. The van der Waals surface area contributed by atoms with Crippen molar-refractivity contribution in [3.8, 4) is 0 Å². The summed E-state index contributed by atoms with van der Waals surface area (Å²) >= 11 is 0. The number of rotatable bonds is 3. The van der Waals surface area contributed by atoms with Crippen molar-refractivity contribution >= 4 is 11.6 Å². The predicted molar refractivity (Wildman–Crippen MR) is 120 cm³/mol. The number of ketones is 2. The van der Waals surface area contributed by atoms with Crippen LogP contribution in [0.1, 0.15) is 82.5 Å². The summed E-state index contributed by atoms with van der Waals surface area (Å²) in [4.78, 5) is 25.4. The molecule has 2 heteroatoms. The number of carbonyl (C=O) groups is 2. The Hall–Kier alpha value is -1.70. The average molecular weight is 405 g/mol. The number of hydrogen-bond acceptors (Lipinski definition) is 2. The molecule has 0 aliphatic heterocycles. The molecule has 0 unspecified atom stereocenters. The van der Waals surface area contributed by atoms with Crippen LogP contribution in [-0.2, 0) is 4.79 Å². The molecule has 1 aromatic rings. The van der Waals surface area contributed by atoms with Crippen LogP contribution in [-0.4, -0.2) is 11.6 Å². The summed E-state index contributed by atoms with van der Waals surface area (Å²) in [6.07, 6.45) is 11.6. The average Bonchev–Trinajstić information content (AvgIpc) is 3.10. The van der Waals surface area contributed by atoms with Gasteiger partial charge in [0.15, 0.2) is 5.78 Å². The highest BCUT2D eigenvalue weighted by atomic mass is 16.1. The molecule has 0 aromatic heterocycles. The molecule has 2 nitrogen and oxygen atoms in total. The third-order valence-corrected chi connectivity index (χ3v) is 10.1. The molecule has 3 saturated carbocycles.